The summed E-state index contributed by atoms with van der Waals surface area (Å²) in [6, 6.07) is 3.73. The summed E-state index contributed by atoms with van der Waals surface area (Å²) >= 11 is 0. The number of rotatable bonds is 7. The predicted molar refractivity (Wildman–Crippen MR) is 111 cm³/mol. The summed E-state index contributed by atoms with van der Waals surface area (Å²) in [6.45, 7) is 6.72. The maximum atomic E-state index is 14.1. The van der Waals surface area contributed by atoms with Gasteiger partial charge >= 0.3 is 6.09 Å². The van der Waals surface area contributed by atoms with Crippen molar-refractivity contribution < 1.29 is 27.1 Å². The van der Waals surface area contributed by atoms with Crippen molar-refractivity contribution in [3.63, 3.8) is 0 Å². The zero-order chi connectivity index (χ0) is 22.4. The Morgan fingerprint density at radius 1 is 1.34 bits per heavy atom. The first-order valence-corrected chi connectivity index (χ1v) is 10.8. The zero-order valence-electron chi connectivity index (χ0n) is 17.7. The molecule has 1 aromatic rings. The minimum atomic E-state index is -4.00. The van der Waals surface area contributed by atoms with Crippen molar-refractivity contribution in [2.45, 2.75) is 56.8 Å². The van der Waals surface area contributed by atoms with E-state index < -0.39 is 44.5 Å². The molecule has 0 radical (unpaired) electrons. The lowest BCUT2D eigenvalue weighted by molar-refractivity contribution is 0.0561. The van der Waals surface area contributed by atoms with Crippen molar-refractivity contribution in [2.75, 3.05) is 19.9 Å². The second kappa shape index (κ2) is 10.0. The number of carbonyl (C=O) groups is 1. The topological polar surface area (TPSA) is 120 Å². The number of methoxy groups -OCH3 is 1. The smallest absolute Gasteiger partial charge is 0.413 e. The molecule has 29 heavy (non-hydrogen) atoms. The highest BCUT2D eigenvalue weighted by atomic mass is 32.2. The highest BCUT2D eigenvalue weighted by Gasteiger charge is 2.34. The van der Waals surface area contributed by atoms with Crippen LogP contribution >= 0.6 is 0 Å². The fraction of sp³-hybridized carbons (Fsp3) is 0.579. The summed E-state index contributed by atoms with van der Waals surface area (Å²) in [4.78, 5) is 16.1. The molecule has 0 saturated heterocycles. The molecule has 0 aliphatic heterocycles. The lowest BCUT2D eigenvalue weighted by Gasteiger charge is -2.25. The van der Waals surface area contributed by atoms with Crippen molar-refractivity contribution in [3.05, 3.63) is 29.6 Å². The van der Waals surface area contributed by atoms with Crippen molar-refractivity contribution in [1.82, 2.24) is 5.32 Å². The molecule has 1 amide bonds. The Labute approximate surface area is 171 Å². The molecule has 1 aromatic carbocycles. The normalized spacial score (nSPS) is 14.9. The van der Waals surface area contributed by atoms with Crippen LogP contribution < -0.4 is 11.1 Å². The van der Waals surface area contributed by atoms with Crippen molar-refractivity contribution in [3.8, 4) is 0 Å². The van der Waals surface area contributed by atoms with Gasteiger partial charge in [-0.05, 0) is 52.3 Å². The lowest BCUT2D eigenvalue weighted by Crippen LogP contribution is -2.46. The standard InChI is InChI=1S/C19H30FN3O5S/c1-12(27-6)9-16(17(22-5)23-18(24)28-19(2,3)4)29(25,26)11-13-10-14(21)7-8-15(13)20/h7-8,10,12,16H,9,11,21H2,1-6H3,(H,22,23,24). The maximum absolute atomic E-state index is 14.1. The number of halogens is 1. The van der Waals surface area contributed by atoms with E-state index in [1.807, 2.05) is 0 Å². The van der Waals surface area contributed by atoms with Gasteiger partial charge in [0.1, 0.15) is 22.5 Å². The van der Waals surface area contributed by atoms with Gasteiger partial charge in [-0.2, -0.15) is 0 Å². The van der Waals surface area contributed by atoms with Crippen LogP contribution in [0.5, 0.6) is 0 Å². The van der Waals surface area contributed by atoms with Gasteiger partial charge < -0.3 is 15.2 Å². The molecule has 0 bridgehead atoms. The molecule has 0 fully saturated rings. The molecule has 0 aromatic heterocycles. The Hall–Kier alpha value is -2.20. The van der Waals surface area contributed by atoms with E-state index in [4.69, 9.17) is 15.2 Å². The van der Waals surface area contributed by atoms with Gasteiger partial charge in [0.05, 0.1) is 11.9 Å². The molecule has 1 rings (SSSR count). The van der Waals surface area contributed by atoms with Gasteiger partial charge in [0.2, 0.25) is 0 Å². The third-order valence-corrected chi connectivity index (χ3v) is 5.98. The first-order chi connectivity index (χ1) is 13.3. The number of aliphatic imine (C=N–C) groups is 1. The van der Waals surface area contributed by atoms with Crippen LogP contribution in [0.1, 0.15) is 39.7 Å². The Balaban J connectivity index is 3.23. The predicted octanol–water partition coefficient (Wildman–Crippen LogP) is 2.67. The number of amides is 1. The van der Waals surface area contributed by atoms with Gasteiger partial charge in [-0.1, -0.05) is 0 Å². The quantitative estimate of drug-likeness (QED) is 0.389. The average molecular weight is 432 g/mol. The highest BCUT2D eigenvalue weighted by Crippen LogP contribution is 2.21. The molecule has 0 aliphatic carbocycles. The molecule has 8 nitrogen and oxygen atoms in total. The van der Waals surface area contributed by atoms with Gasteiger partial charge in [-0.25, -0.2) is 17.6 Å². The fourth-order valence-electron chi connectivity index (χ4n) is 2.54. The Morgan fingerprint density at radius 3 is 2.48 bits per heavy atom. The number of anilines is 1. The number of nitrogens with one attached hydrogen (secondary N) is 1. The monoisotopic (exact) mass is 431 g/mol. The van der Waals surface area contributed by atoms with Crippen LogP contribution in [-0.2, 0) is 25.1 Å². The van der Waals surface area contributed by atoms with Crippen LogP contribution in [0.15, 0.2) is 23.2 Å². The summed E-state index contributed by atoms with van der Waals surface area (Å²) < 4.78 is 50.8. The molecular weight excluding hydrogens is 401 g/mol. The maximum Gasteiger partial charge on any atom is 0.413 e. The van der Waals surface area contributed by atoms with Gasteiger partial charge in [0.25, 0.3) is 0 Å². The second-order valence-electron chi connectivity index (χ2n) is 7.66. The van der Waals surface area contributed by atoms with Gasteiger partial charge in [-0.3, -0.25) is 10.3 Å². The number of carbonyl (C=O) groups excluding carboxylic acids is 1. The third-order valence-electron chi connectivity index (χ3n) is 3.98. The van der Waals surface area contributed by atoms with Crippen LogP contribution in [0.4, 0.5) is 14.9 Å². The first kappa shape index (κ1) is 24.8. The third kappa shape index (κ3) is 7.98. The van der Waals surface area contributed by atoms with Crippen LogP contribution in [0.25, 0.3) is 0 Å². The van der Waals surface area contributed by atoms with Gasteiger partial charge in [0.15, 0.2) is 9.84 Å². The van der Waals surface area contributed by atoms with E-state index in [2.05, 4.69) is 10.3 Å². The largest absolute Gasteiger partial charge is 0.444 e. The van der Waals surface area contributed by atoms with E-state index in [1.165, 1.54) is 26.3 Å². The minimum Gasteiger partial charge on any atom is -0.444 e. The summed E-state index contributed by atoms with van der Waals surface area (Å²) in [7, 11) is -1.20. The van der Waals surface area contributed by atoms with Crippen LogP contribution in [0, 0.1) is 5.82 Å². The van der Waals surface area contributed by atoms with Crippen molar-refractivity contribution in [1.29, 1.82) is 0 Å². The van der Waals surface area contributed by atoms with Crippen LogP contribution in [0.3, 0.4) is 0 Å². The molecule has 2 unspecified atom stereocenters. The van der Waals surface area contributed by atoms with E-state index in [0.717, 1.165) is 6.07 Å². The summed E-state index contributed by atoms with van der Waals surface area (Å²) in [5, 5.41) is 1.17. The zero-order valence-corrected chi connectivity index (χ0v) is 18.5. The molecule has 0 heterocycles. The number of sulfone groups is 1. The SMILES string of the molecule is CN=C(NC(=O)OC(C)(C)C)C(CC(C)OC)S(=O)(=O)Cc1cc(N)ccc1F. The highest BCUT2D eigenvalue weighted by molar-refractivity contribution is 7.92. The van der Waals surface area contributed by atoms with E-state index in [1.54, 1.807) is 27.7 Å². The summed E-state index contributed by atoms with van der Waals surface area (Å²) in [6.07, 6.45) is -1.29. The Bertz CT molecular complexity index is 850. The molecule has 0 saturated carbocycles. The average Bonchev–Trinajstić information content (AvgIpc) is 2.58. The summed E-state index contributed by atoms with van der Waals surface area (Å²) in [5.41, 5.74) is 5.06. The molecule has 3 N–H and O–H groups in total. The number of nitrogens with two attached hydrogens (primary N) is 1. The molecular formula is C19H30FN3O5S. The Morgan fingerprint density at radius 2 is 1.97 bits per heavy atom. The molecule has 2 atom stereocenters. The van der Waals surface area contributed by atoms with E-state index in [0.29, 0.717) is 0 Å². The van der Waals surface area contributed by atoms with Crippen molar-refractivity contribution in [2.24, 2.45) is 4.99 Å². The number of ether oxygens (including phenoxy) is 2. The second-order valence-corrected chi connectivity index (χ2v) is 9.85. The van der Waals surface area contributed by atoms with E-state index in [9.17, 15) is 17.6 Å². The molecule has 164 valence electrons. The summed E-state index contributed by atoms with van der Waals surface area (Å²) in [5.74, 6) is -1.40. The molecule has 0 aliphatic rings. The first-order valence-electron chi connectivity index (χ1n) is 9.04. The fourth-order valence-corrected chi connectivity index (χ4v) is 4.46. The number of amidine groups is 1. The number of benzene rings is 1. The lowest BCUT2D eigenvalue weighted by atomic mass is 10.2. The van der Waals surface area contributed by atoms with E-state index >= 15 is 0 Å². The van der Waals surface area contributed by atoms with E-state index in [-0.39, 0.29) is 23.5 Å². The van der Waals surface area contributed by atoms with Gasteiger partial charge in [0, 0.05) is 25.4 Å². The van der Waals surface area contributed by atoms with Crippen LogP contribution in [0.2, 0.25) is 0 Å². The van der Waals surface area contributed by atoms with Crippen LogP contribution in [-0.4, -0.2) is 51.5 Å². The number of hydrogen-bond acceptors (Lipinski definition) is 7. The Kier molecular flexibility index (Phi) is 8.58. The molecule has 10 heteroatoms. The molecule has 0 spiro atoms. The minimum absolute atomic E-state index is 0.00520. The van der Waals surface area contributed by atoms with Gasteiger partial charge in [-0.15, -0.1) is 0 Å². The number of nitrogens with zero attached hydrogens (tertiary/aromatic N) is 1. The van der Waals surface area contributed by atoms with Crippen molar-refractivity contribution >= 4 is 27.5 Å². The number of alkyl carbamates (subject to hydrolysis) is 1. The number of hydrogen-bond donors (Lipinski definition) is 2. The number of nitrogen functional groups attached to an aromatic ring is 1.